The van der Waals surface area contributed by atoms with Crippen LogP contribution in [0.4, 0.5) is 5.69 Å². The molecule has 3 atom stereocenters. The van der Waals surface area contributed by atoms with Crippen molar-refractivity contribution >= 4 is 11.6 Å². The summed E-state index contributed by atoms with van der Waals surface area (Å²) < 4.78 is 0. The third-order valence-electron chi connectivity index (χ3n) is 5.07. The summed E-state index contributed by atoms with van der Waals surface area (Å²) in [6.45, 7) is 0.835. The highest BCUT2D eigenvalue weighted by Crippen LogP contribution is 2.49. The van der Waals surface area contributed by atoms with Crippen molar-refractivity contribution in [1.82, 2.24) is 5.32 Å². The molecule has 1 aromatic rings. The topological polar surface area (TPSA) is 55.1 Å². The number of benzene rings is 1. The lowest BCUT2D eigenvalue weighted by atomic mass is 9.86. The summed E-state index contributed by atoms with van der Waals surface area (Å²) in [5, 5.41) is 3.06. The molecule has 1 aromatic carbocycles. The minimum absolute atomic E-state index is 0.123. The fourth-order valence-electron chi connectivity index (χ4n) is 4.01. The van der Waals surface area contributed by atoms with E-state index in [9.17, 15) is 4.79 Å². The molecule has 20 heavy (non-hydrogen) atoms. The molecule has 0 spiro atoms. The summed E-state index contributed by atoms with van der Waals surface area (Å²) in [6.07, 6.45) is 7.34. The van der Waals surface area contributed by atoms with Crippen molar-refractivity contribution in [3.8, 4) is 0 Å². The highest BCUT2D eigenvalue weighted by molar-refractivity contribution is 5.78. The Hall–Kier alpha value is -1.51. The summed E-state index contributed by atoms with van der Waals surface area (Å²) in [5.41, 5.74) is 7.40. The van der Waals surface area contributed by atoms with E-state index < -0.39 is 0 Å². The van der Waals surface area contributed by atoms with Gasteiger partial charge in [0.15, 0.2) is 0 Å². The summed E-state index contributed by atoms with van der Waals surface area (Å²) >= 11 is 0. The molecule has 0 radical (unpaired) electrons. The number of hydrogen-bond acceptors (Lipinski definition) is 2. The van der Waals surface area contributed by atoms with Gasteiger partial charge in [0.2, 0.25) is 5.91 Å². The Labute approximate surface area is 120 Å². The Bertz CT molecular complexity index is 468. The lowest BCUT2D eigenvalue weighted by Gasteiger charge is -2.21. The average Bonchev–Trinajstić information content (AvgIpc) is 3.04. The number of anilines is 1. The molecular weight excluding hydrogens is 248 g/mol. The second-order valence-electron chi connectivity index (χ2n) is 6.49. The number of carbonyl (C=O) groups is 1. The largest absolute Gasteiger partial charge is 0.399 e. The van der Waals surface area contributed by atoms with E-state index in [1.165, 1.54) is 25.7 Å². The summed E-state index contributed by atoms with van der Waals surface area (Å²) in [6, 6.07) is 7.53. The van der Waals surface area contributed by atoms with E-state index in [-0.39, 0.29) is 5.91 Å². The molecule has 2 aliphatic rings. The molecule has 3 heteroatoms. The molecule has 0 heterocycles. The van der Waals surface area contributed by atoms with E-state index in [1.807, 2.05) is 24.3 Å². The highest BCUT2D eigenvalue weighted by atomic mass is 16.1. The van der Waals surface area contributed by atoms with Gasteiger partial charge in [0.1, 0.15) is 0 Å². The van der Waals surface area contributed by atoms with Gasteiger partial charge in [0.05, 0.1) is 6.42 Å². The number of fused-ring (bicyclic) bond motifs is 2. The zero-order valence-corrected chi connectivity index (χ0v) is 12.0. The molecule has 0 aliphatic heterocycles. The number of nitrogen functional groups attached to an aromatic ring is 1. The van der Waals surface area contributed by atoms with Gasteiger partial charge in [0.25, 0.3) is 0 Å². The van der Waals surface area contributed by atoms with Crippen LogP contribution in [0.5, 0.6) is 0 Å². The summed E-state index contributed by atoms with van der Waals surface area (Å²) in [5.74, 6) is 2.94. The van der Waals surface area contributed by atoms with Crippen LogP contribution in [-0.4, -0.2) is 12.5 Å². The maximum atomic E-state index is 11.9. The molecule has 1 amide bonds. The monoisotopic (exact) mass is 272 g/mol. The van der Waals surface area contributed by atoms with Crippen molar-refractivity contribution in [3.63, 3.8) is 0 Å². The van der Waals surface area contributed by atoms with E-state index in [0.29, 0.717) is 6.42 Å². The molecule has 3 N–H and O–H groups in total. The lowest BCUT2D eigenvalue weighted by Crippen LogP contribution is -2.28. The van der Waals surface area contributed by atoms with Gasteiger partial charge < -0.3 is 11.1 Å². The van der Waals surface area contributed by atoms with Crippen LogP contribution in [0.25, 0.3) is 0 Å². The van der Waals surface area contributed by atoms with Crippen LogP contribution in [0.2, 0.25) is 0 Å². The van der Waals surface area contributed by atoms with Crippen LogP contribution in [0.15, 0.2) is 24.3 Å². The Balaban J connectivity index is 1.38. The first-order valence-corrected chi connectivity index (χ1v) is 7.82. The number of nitrogens with two attached hydrogens (primary N) is 1. The van der Waals surface area contributed by atoms with Gasteiger partial charge in [-0.1, -0.05) is 18.6 Å². The standard InChI is InChI=1S/C17H24N2O/c18-16-5-2-12(3-6-16)11-17(20)19-8-7-15-10-13-1-4-14(15)9-13/h2-3,5-6,13-15H,1,4,7-11,18H2,(H,19,20). The fraction of sp³-hybridized carbons (Fsp3) is 0.588. The van der Waals surface area contributed by atoms with Gasteiger partial charge in [0, 0.05) is 12.2 Å². The lowest BCUT2D eigenvalue weighted by molar-refractivity contribution is -0.120. The van der Waals surface area contributed by atoms with Gasteiger partial charge in [-0.3, -0.25) is 4.79 Å². The summed E-state index contributed by atoms with van der Waals surface area (Å²) in [4.78, 5) is 11.9. The van der Waals surface area contributed by atoms with E-state index in [2.05, 4.69) is 5.32 Å². The van der Waals surface area contributed by atoms with Crippen LogP contribution in [0, 0.1) is 17.8 Å². The van der Waals surface area contributed by atoms with Crippen molar-refractivity contribution < 1.29 is 4.79 Å². The highest BCUT2D eigenvalue weighted by Gasteiger charge is 2.38. The zero-order chi connectivity index (χ0) is 13.9. The first-order valence-electron chi connectivity index (χ1n) is 7.82. The zero-order valence-electron chi connectivity index (χ0n) is 12.0. The molecule has 2 fully saturated rings. The first kappa shape index (κ1) is 13.5. The molecule has 0 aromatic heterocycles. The number of nitrogens with one attached hydrogen (secondary N) is 1. The molecule has 3 unspecified atom stereocenters. The van der Waals surface area contributed by atoms with Crippen LogP contribution in [0.3, 0.4) is 0 Å². The first-order chi connectivity index (χ1) is 9.70. The van der Waals surface area contributed by atoms with Crippen LogP contribution in [-0.2, 0) is 11.2 Å². The number of carbonyl (C=O) groups excluding carboxylic acids is 1. The SMILES string of the molecule is Nc1ccc(CC(=O)NCCC2CC3CCC2C3)cc1. The Morgan fingerprint density at radius 2 is 2.00 bits per heavy atom. The quantitative estimate of drug-likeness (QED) is 0.810. The van der Waals surface area contributed by atoms with Gasteiger partial charge in [-0.15, -0.1) is 0 Å². The van der Waals surface area contributed by atoms with Gasteiger partial charge in [-0.2, -0.15) is 0 Å². The number of rotatable bonds is 5. The van der Waals surface area contributed by atoms with Gasteiger partial charge >= 0.3 is 0 Å². The van der Waals surface area contributed by atoms with Crippen LogP contribution < -0.4 is 11.1 Å². The second-order valence-corrected chi connectivity index (χ2v) is 6.49. The van der Waals surface area contributed by atoms with Gasteiger partial charge in [-0.05, 0) is 61.1 Å². The molecule has 2 bridgehead atoms. The predicted molar refractivity (Wildman–Crippen MR) is 81.1 cm³/mol. The summed E-state index contributed by atoms with van der Waals surface area (Å²) in [7, 11) is 0. The third kappa shape index (κ3) is 3.14. The van der Waals surface area contributed by atoms with Crippen molar-refractivity contribution in [2.24, 2.45) is 17.8 Å². The number of amides is 1. The third-order valence-corrected chi connectivity index (χ3v) is 5.07. The van der Waals surface area contributed by atoms with Crippen LogP contribution in [0.1, 0.15) is 37.7 Å². The Morgan fingerprint density at radius 3 is 2.65 bits per heavy atom. The van der Waals surface area contributed by atoms with Crippen molar-refractivity contribution in [1.29, 1.82) is 0 Å². The molecule has 0 saturated heterocycles. The van der Waals surface area contributed by atoms with Crippen molar-refractivity contribution in [2.45, 2.75) is 38.5 Å². The second kappa shape index (κ2) is 5.86. The van der Waals surface area contributed by atoms with E-state index in [0.717, 1.165) is 42.0 Å². The normalized spacial score (nSPS) is 27.7. The Kier molecular flexibility index (Phi) is 3.95. The smallest absolute Gasteiger partial charge is 0.224 e. The molecule has 2 saturated carbocycles. The van der Waals surface area contributed by atoms with Crippen molar-refractivity contribution in [2.75, 3.05) is 12.3 Å². The Morgan fingerprint density at radius 1 is 1.20 bits per heavy atom. The van der Waals surface area contributed by atoms with Gasteiger partial charge in [-0.25, -0.2) is 0 Å². The van der Waals surface area contributed by atoms with E-state index in [1.54, 1.807) is 0 Å². The minimum Gasteiger partial charge on any atom is -0.399 e. The molecular formula is C17H24N2O. The number of hydrogen-bond donors (Lipinski definition) is 2. The van der Waals surface area contributed by atoms with E-state index in [4.69, 9.17) is 5.73 Å². The molecule has 2 aliphatic carbocycles. The minimum atomic E-state index is 0.123. The maximum Gasteiger partial charge on any atom is 0.224 e. The molecule has 3 nitrogen and oxygen atoms in total. The fourth-order valence-corrected chi connectivity index (χ4v) is 4.01. The van der Waals surface area contributed by atoms with Crippen molar-refractivity contribution in [3.05, 3.63) is 29.8 Å². The predicted octanol–water partition coefficient (Wildman–Crippen LogP) is 2.75. The molecule has 3 rings (SSSR count). The maximum absolute atomic E-state index is 11.9. The van der Waals surface area contributed by atoms with E-state index >= 15 is 0 Å². The average molecular weight is 272 g/mol. The van der Waals surface area contributed by atoms with Crippen LogP contribution >= 0.6 is 0 Å². The molecule has 108 valence electrons.